The molecule has 1 aliphatic heterocycles. The summed E-state index contributed by atoms with van der Waals surface area (Å²) < 4.78 is 10.5. The van der Waals surface area contributed by atoms with E-state index in [1.807, 2.05) is 18.2 Å². The Morgan fingerprint density at radius 3 is 2.56 bits per heavy atom. The first-order valence-corrected chi connectivity index (χ1v) is 6.08. The number of aldehydes is 1. The monoisotopic (exact) mass is 282 g/mol. The number of benzene rings is 1. The predicted molar refractivity (Wildman–Crippen MR) is 65.4 cm³/mol. The van der Waals surface area contributed by atoms with Crippen molar-refractivity contribution in [2.24, 2.45) is 0 Å². The van der Waals surface area contributed by atoms with Gasteiger partial charge in [-0.2, -0.15) is 0 Å². The molecule has 84 valence electrons. The first kappa shape index (κ1) is 11.2. The maximum absolute atomic E-state index is 10.9. The van der Waals surface area contributed by atoms with Gasteiger partial charge in [0.2, 0.25) is 6.79 Å². The van der Waals surface area contributed by atoms with E-state index >= 15 is 0 Å². The van der Waals surface area contributed by atoms with Crippen LogP contribution in [0.4, 0.5) is 0 Å². The van der Waals surface area contributed by atoms with Gasteiger partial charge in [-0.1, -0.05) is 28.1 Å². The molecule has 2 rings (SSSR count). The van der Waals surface area contributed by atoms with E-state index in [1.165, 1.54) is 0 Å². The van der Waals surface area contributed by atoms with Gasteiger partial charge in [0.05, 0.1) is 0 Å². The average Bonchev–Trinajstić information content (AvgIpc) is 2.75. The smallest absolute Gasteiger partial charge is 0.231 e. The SMILES string of the molecule is O=Cc1cc2c(cc1C=CCCBr)OCO2. The van der Waals surface area contributed by atoms with Gasteiger partial charge in [0.1, 0.15) is 0 Å². The van der Waals surface area contributed by atoms with Gasteiger partial charge in [-0.3, -0.25) is 4.79 Å². The fraction of sp³-hybridized carbons (Fsp3) is 0.250. The number of allylic oxidation sites excluding steroid dienone is 1. The van der Waals surface area contributed by atoms with E-state index in [9.17, 15) is 4.79 Å². The molecule has 0 amide bonds. The fourth-order valence-corrected chi connectivity index (χ4v) is 1.76. The molecule has 1 heterocycles. The van der Waals surface area contributed by atoms with Gasteiger partial charge >= 0.3 is 0 Å². The van der Waals surface area contributed by atoms with E-state index in [2.05, 4.69) is 15.9 Å². The fourth-order valence-electron chi connectivity index (χ4n) is 1.49. The van der Waals surface area contributed by atoms with Crippen molar-refractivity contribution in [2.75, 3.05) is 12.1 Å². The minimum atomic E-state index is 0.224. The number of rotatable bonds is 4. The van der Waals surface area contributed by atoms with Gasteiger partial charge < -0.3 is 9.47 Å². The van der Waals surface area contributed by atoms with Gasteiger partial charge in [-0.05, 0) is 24.1 Å². The highest BCUT2D eigenvalue weighted by atomic mass is 79.9. The van der Waals surface area contributed by atoms with Gasteiger partial charge in [0.15, 0.2) is 17.8 Å². The van der Waals surface area contributed by atoms with Crippen LogP contribution in [0.3, 0.4) is 0 Å². The highest BCUT2D eigenvalue weighted by molar-refractivity contribution is 9.09. The Morgan fingerprint density at radius 2 is 1.94 bits per heavy atom. The van der Waals surface area contributed by atoms with Crippen molar-refractivity contribution in [1.29, 1.82) is 0 Å². The van der Waals surface area contributed by atoms with Crippen LogP contribution in [-0.2, 0) is 0 Å². The second-order valence-corrected chi connectivity index (χ2v) is 4.13. The Balaban J connectivity index is 2.32. The van der Waals surface area contributed by atoms with Crippen molar-refractivity contribution < 1.29 is 14.3 Å². The van der Waals surface area contributed by atoms with E-state index in [-0.39, 0.29) is 6.79 Å². The summed E-state index contributed by atoms with van der Waals surface area (Å²) in [4.78, 5) is 10.9. The van der Waals surface area contributed by atoms with Crippen molar-refractivity contribution >= 4 is 28.3 Å². The van der Waals surface area contributed by atoms with Crippen LogP contribution in [0.25, 0.3) is 6.08 Å². The number of hydrogen-bond donors (Lipinski definition) is 0. The summed E-state index contributed by atoms with van der Waals surface area (Å²) in [5.41, 5.74) is 1.48. The lowest BCUT2D eigenvalue weighted by molar-refractivity contribution is 0.112. The summed E-state index contributed by atoms with van der Waals surface area (Å²) in [7, 11) is 0. The van der Waals surface area contributed by atoms with Crippen LogP contribution >= 0.6 is 15.9 Å². The van der Waals surface area contributed by atoms with E-state index in [1.54, 1.807) is 6.07 Å². The molecule has 0 fully saturated rings. The zero-order valence-electron chi connectivity index (χ0n) is 8.61. The number of ether oxygens (including phenoxy) is 2. The van der Waals surface area contributed by atoms with Gasteiger partial charge in [0, 0.05) is 10.9 Å². The lowest BCUT2D eigenvalue weighted by atomic mass is 10.1. The van der Waals surface area contributed by atoms with Crippen LogP contribution in [0.1, 0.15) is 22.3 Å². The molecule has 0 aliphatic carbocycles. The van der Waals surface area contributed by atoms with Crippen molar-refractivity contribution in [2.45, 2.75) is 6.42 Å². The largest absolute Gasteiger partial charge is 0.454 e. The summed E-state index contributed by atoms with van der Waals surface area (Å²) in [6.45, 7) is 0.224. The van der Waals surface area contributed by atoms with Gasteiger partial charge in [-0.15, -0.1) is 0 Å². The second-order valence-electron chi connectivity index (χ2n) is 3.33. The molecule has 16 heavy (non-hydrogen) atoms. The maximum atomic E-state index is 10.9. The summed E-state index contributed by atoms with van der Waals surface area (Å²) in [6, 6.07) is 3.54. The number of carbonyl (C=O) groups is 1. The summed E-state index contributed by atoms with van der Waals surface area (Å²) in [6.07, 6.45) is 5.69. The molecule has 4 heteroatoms. The van der Waals surface area contributed by atoms with Crippen LogP contribution in [-0.4, -0.2) is 18.4 Å². The Labute approximate surface area is 102 Å². The number of alkyl halides is 1. The molecule has 0 bridgehead atoms. The third kappa shape index (κ3) is 2.27. The zero-order chi connectivity index (χ0) is 11.4. The van der Waals surface area contributed by atoms with Crippen molar-refractivity contribution in [1.82, 2.24) is 0 Å². The number of hydrogen-bond acceptors (Lipinski definition) is 3. The third-order valence-corrected chi connectivity index (χ3v) is 2.74. The molecule has 1 aromatic carbocycles. The minimum Gasteiger partial charge on any atom is -0.454 e. The first-order valence-electron chi connectivity index (χ1n) is 4.96. The normalized spacial score (nSPS) is 13.3. The van der Waals surface area contributed by atoms with Crippen LogP contribution in [0.5, 0.6) is 11.5 Å². The van der Waals surface area contributed by atoms with E-state index in [4.69, 9.17) is 9.47 Å². The average molecular weight is 283 g/mol. The van der Waals surface area contributed by atoms with Crippen LogP contribution in [0, 0.1) is 0 Å². The van der Waals surface area contributed by atoms with Crippen LogP contribution in [0.2, 0.25) is 0 Å². The molecular weight excluding hydrogens is 272 g/mol. The number of carbonyl (C=O) groups excluding carboxylic acids is 1. The molecule has 0 saturated heterocycles. The Bertz CT molecular complexity index is 427. The third-order valence-electron chi connectivity index (χ3n) is 2.28. The summed E-state index contributed by atoms with van der Waals surface area (Å²) in [5.74, 6) is 1.34. The van der Waals surface area contributed by atoms with Crippen LogP contribution in [0.15, 0.2) is 18.2 Å². The Hall–Kier alpha value is -1.29. The number of halogens is 1. The molecule has 0 radical (unpaired) electrons. The molecular formula is C12H11BrO3. The summed E-state index contributed by atoms with van der Waals surface area (Å²) >= 11 is 3.34. The first-order chi connectivity index (χ1) is 7.85. The molecule has 0 unspecified atom stereocenters. The Kier molecular flexibility index (Phi) is 3.62. The second kappa shape index (κ2) is 5.16. The minimum absolute atomic E-state index is 0.224. The molecule has 0 spiro atoms. The quantitative estimate of drug-likeness (QED) is 0.629. The van der Waals surface area contributed by atoms with E-state index < -0.39 is 0 Å². The topological polar surface area (TPSA) is 35.5 Å². The van der Waals surface area contributed by atoms with Gasteiger partial charge in [-0.25, -0.2) is 0 Å². The number of fused-ring (bicyclic) bond motifs is 1. The lowest BCUT2D eigenvalue weighted by Gasteiger charge is -2.01. The molecule has 1 aromatic rings. The standard InChI is InChI=1S/C12H11BrO3/c13-4-2-1-3-9-5-11-12(16-8-15-11)6-10(9)7-14/h1,3,5-7H,2,4,8H2. The molecule has 0 N–H and O–H groups in total. The summed E-state index contributed by atoms with van der Waals surface area (Å²) in [5, 5.41) is 0.907. The highest BCUT2D eigenvalue weighted by Crippen LogP contribution is 2.34. The predicted octanol–water partition coefficient (Wildman–Crippen LogP) is 3.03. The van der Waals surface area contributed by atoms with Gasteiger partial charge in [0.25, 0.3) is 0 Å². The van der Waals surface area contributed by atoms with Crippen molar-refractivity contribution in [3.8, 4) is 11.5 Å². The molecule has 3 nitrogen and oxygen atoms in total. The Morgan fingerprint density at radius 1 is 1.25 bits per heavy atom. The highest BCUT2D eigenvalue weighted by Gasteiger charge is 2.15. The molecule has 0 saturated carbocycles. The molecule has 1 aliphatic rings. The maximum Gasteiger partial charge on any atom is 0.231 e. The lowest BCUT2D eigenvalue weighted by Crippen LogP contribution is -1.92. The van der Waals surface area contributed by atoms with E-state index in [0.29, 0.717) is 17.1 Å². The van der Waals surface area contributed by atoms with Crippen molar-refractivity contribution in [3.63, 3.8) is 0 Å². The van der Waals surface area contributed by atoms with E-state index in [0.717, 1.165) is 23.6 Å². The molecule has 0 aromatic heterocycles. The molecule has 0 atom stereocenters. The van der Waals surface area contributed by atoms with Crippen molar-refractivity contribution in [3.05, 3.63) is 29.3 Å². The zero-order valence-corrected chi connectivity index (χ0v) is 10.2. The van der Waals surface area contributed by atoms with Crippen LogP contribution < -0.4 is 9.47 Å².